The van der Waals surface area contributed by atoms with Gasteiger partial charge in [0.1, 0.15) is 61.0 Å². The Labute approximate surface area is 268 Å². The summed E-state index contributed by atoms with van der Waals surface area (Å²) in [5.41, 5.74) is 4.45. The fourth-order valence-electron chi connectivity index (χ4n) is 5.70. The van der Waals surface area contributed by atoms with Crippen LogP contribution in [-0.2, 0) is 22.5 Å². The number of benzene rings is 2. The molecule has 0 radical (unpaired) electrons. The average Bonchev–Trinajstić information content (AvgIpc) is 3.07. The summed E-state index contributed by atoms with van der Waals surface area (Å²) < 4.78 is 11.0. The second kappa shape index (κ2) is 16.8. The van der Waals surface area contributed by atoms with Crippen molar-refractivity contribution in [3.8, 4) is 34.8 Å². The Morgan fingerprint density at radius 1 is 0.587 bits per heavy atom. The van der Waals surface area contributed by atoms with E-state index in [0.717, 1.165) is 48.8 Å². The zero-order valence-electron chi connectivity index (χ0n) is 25.7. The van der Waals surface area contributed by atoms with Crippen molar-refractivity contribution in [2.45, 2.75) is 107 Å². The van der Waals surface area contributed by atoms with Gasteiger partial charge in [-0.1, -0.05) is 62.0 Å². The molecule has 2 fully saturated rings. The van der Waals surface area contributed by atoms with Gasteiger partial charge in [-0.25, -0.2) is 0 Å². The first-order chi connectivity index (χ1) is 22.1. The van der Waals surface area contributed by atoms with E-state index < -0.39 is 74.3 Å². The van der Waals surface area contributed by atoms with Gasteiger partial charge in [0.2, 0.25) is 0 Å². The maximum atomic E-state index is 10.4. The molecule has 4 rings (SSSR count). The van der Waals surface area contributed by atoms with Gasteiger partial charge >= 0.3 is 0 Å². The van der Waals surface area contributed by atoms with E-state index in [-0.39, 0.29) is 6.61 Å². The number of aliphatic hydroxyl groups excluding tert-OH is 9. The van der Waals surface area contributed by atoms with Gasteiger partial charge in [0, 0.05) is 11.1 Å². The molecule has 2 saturated heterocycles. The van der Waals surface area contributed by atoms with Crippen LogP contribution in [0.4, 0.5) is 0 Å². The number of hydrogen-bond acceptors (Lipinski definition) is 11. The van der Waals surface area contributed by atoms with Gasteiger partial charge in [-0.2, -0.15) is 0 Å². The van der Waals surface area contributed by atoms with Crippen LogP contribution in [0.15, 0.2) is 36.4 Å². The van der Waals surface area contributed by atoms with Crippen LogP contribution in [0.5, 0.6) is 0 Å². The van der Waals surface area contributed by atoms with E-state index in [2.05, 4.69) is 30.6 Å². The molecule has 0 aliphatic carbocycles. The summed E-state index contributed by atoms with van der Waals surface area (Å²) in [7, 11) is 0. The predicted octanol–water partition coefficient (Wildman–Crippen LogP) is -0.643. The van der Waals surface area contributed by atoms with E-state index >= 15 is 0 Å². The maximum Gasteiger partial charge on any atom is 0.147 e. The molecule has 10 atom stereocenters. The largest absolute Gasteiger partial charge is 0.394 e. The lowest BCUT2D eigenvalue weighted by atomic mass is 9.90. The van der Waals surface area contributed by atoms with Crippen LogP contribution < -0.4 is 0 Å². The second-order valence-electron chi connectivity index (χ2n) is 11.8. The maximum absolute atomic E-state index is 10.4. The molecule has 2 aliphatic heterocycles. The third-order valence-electron chi connectivity index (χ3n) is 8.47. The second-order valence-corrected chi connectivity index (χ2v) is 11.8. The molecule has 250 valence electrons. The highest BCUT2D eigenvalue weighted by Crippen LogP contribution is 2.31. The lowest BCUT2D eigenvalue weighted by molar-refractivity contribution is -0.214. The summed E-state index contributed by atoms with van der Waals surface area (Å²) in [6.45, 7) is 0.769. The molecule has 2 heterocycles. The van der Waals surface area contributed by atoms with Crippen molar-refractivity contribution in [2.75, 3.05) is 13.2 Å². The van der Waals surface area contributed by atoms with Crippen LogP contribution in [0.1, 0.15) is 54.9 Å². The normalized spacial score (nSPS) is 31.0. The van der Waals surface area contributed by atoms with Crippen molar-refractivity contribution >= 4 is 0 Å². The highest BCUT2D eigenvalue weighted by Gasteiger charge is 2.43. The van der Waals surface area contributed by atoms with Crippen LogP contribution in [0, 0.1) is 23.7 Å². The first kappa shape index (κ1) is 36.0. The van der Waals surface area contributed by atoms with Gasteiger partial charge in [-0.05, 0) is 59.4 Å². The standard InChI is InChI=1S/C35H44O11/c1-2-3-4-5-6-22-15-20(9-13-26-30(39)34(43)32(41)28(18-37)45-26)7-11-24(22)25-12-8-21(16-23(25)17-36)10-14-27-31(40)35(44)33(42)29(19-38)46-27/h7-8,11-12,15-16,26-44H,2-6,17-19H2,1H3/t26-,27-,28-,29-,30-,31-,32-,33-,34-,35-/m1/s1. The summed E-state index contributed by atoms with van der Waals surface area (Å²) in [6, 6.07) is 11.0. The summed E-state index contributed by atoms with van der Waals surface area (Å²) in [4.78, 5) is 0. The third kappa shape index (κ3) is 8.33. The van der Waals surface area contributed by atoms with Gasteiger partial charge in [-0.15, -0.1) is 0 Å². The van der Waals surface area contributed by atoms with Crippen LogP contribution in [0.25, 0.3) is 11.1 Å². The number of unbranched alkanes of at least 4 members (excludes halogenated alkanes) is 3. The van der Waals surface area contributed by atoms with Crippen LogP contribution in [-0.4, -0.2) is 120 Å². The van der Waals surface area contributed by atoms with Crippen LogP contribution >= 0.6 is 0 Å². The molecule has 11 nitrogen and oxygen atoms in total. The molecule has 0 bridgehead atoms. The Balaban J connectivity index is 1.62. The SMILES string of the molecule is CCCCCCc1cc(C#C[C@H]2O[C@H](CO)[C@@H](O)[C@H](O)[C@@H]2O)ccc1-c1ccc(C#C[C@H]2O[C@H](CO)[C@@H](O)[C@H](O)[C@@H]2O)cc1CO. The van der Waals surface area contributed by atoms with E-state index in [1.165, 1.54) is 0 Å². The minimum atomic E-state index is -1.53. The van der Waals surface area contributed by atoms with E-state index in [9.17, 15) is 46.0 Å². The summed E-state index contributed by atoms with van der Waals surface area (Å²) >= 11 is 0. The predicted molar refractivity (Wildman–Crippen MR) is 167 cm³/mol. The van der Waals surface area contributed by atoms with E-state index in [0.29, 0.717) is 16.7 Å². The third-order valence-corrected chi connectivity index (χ3v) is 8.47. The number of hydrogen-bond donors (Lipinski definition) is 9. The van der Waals surface area contributed by atoms with E-state index in [1.54, 1.807) is 18.2 Å². The topological polar surface area (TPSA) is 201 Å². The molecule has 0 unspecified atom stereocenters. The Kier molecular flexibility index (Phi) is 13.1. The van der Waals surface area contributed by atoms with E-state index in [4.69, 9.17) is 9.47 Å². The average molecular weight is 641 g/mol. The fraction of sp³-hybridized carbons (Fsp3) is 0.543. The van der Waals surface area contributed by atoms with Crippen molar-refractivity contribution < 1.29 is 55.4 Å². The van der Waals surface area contributed by atoms with Crippen molar-refractivity contribution in [1.82, 2.24) is 0 Å². The van der Waals surface area contributed by atoms with Gasteiger partial charge in [0.05, 0.1) is 19.8 Å². The molecule has 0 amide bonds. The molecular formula is C35H44O11. The number of ether oxygens (including phenoxy) is 2. The van der Waals surface area contributed by atoms with Gasteiger partial charge < -0.3 is 55.4 Å². The van der Waals surface area contributed by atoms with Gasteiger partial charge in [0.15, 0.2) is 0 Å². The Morgan fingerprint density at radius 3 is 1.52 bits per heavy atom. The fourth-order valence-corrected chi connectivity index (χ4v) is 5.70. The lowest BCUT2D eigenvalue weighted by Gasteiger charge is -2.37. The molecule has 46 heavy (non-hydrogen) atoms. The van der Waals surface area contributed by atoms with Gasteiger partial charge in [-0.3, -0.25) is 0 Å². The number of rotatable bonds is 9. The number of aliphatic hydroxyl groups is 9. The zero-order valence-corrected chi connectivity index (χ0v) is 25.7. The lowest BCUT2D eigenvalue weighted by Crippen LogP contribution is -2.58. The van der Waals surface area contributed by atoms with Crippen molar-refractivity contribution in [1.29, 1.82) is 0 Å². The zero-order chi connectivity index (χ0) is 33.4. The Bertz CT molecular complexity index is 1420. The monoisotopic (exact) mass is 640 g/mol. The highest BCUT2D eigenvalue weighted by atomic mass is 16.5. The van der Waals surface area contributed by atoms with Gasteiger partial charge in [0.25, 0.3) is 0 Å². The van der Waals surface area contributed by atoms with Crippen molar-refractivity contribution in [3.05, 3.63) is 58.7 Å². The molecule has 11 heteroatoms. The molecule has 9 N–H and O–H groups in total. The molecule has 2 aliphatic rings. The van der Waals surface area contributed by atoms with Crippen molar-refractivity contribution in [2.24, 2.45) is 0 Å². The Morgan fingerprint density at radius 2 is 1.07 bits per heavy atom. The quantitative estimate of drug-likeness (QED) is 0.125. The molecular weight excluding hydrogens is 596 g/mol. The minimum Gasteiger partial charge on any atom is -0.394 e. The van der Waals surface area contributed by atoms with E-state index in [1.807, 2.05) is 18.2 Å². The number of aryl methyl sites for hydroxylation is 1. The Hall–Kier alpha value is -2.88. The molecule has 0 saturated carbocycles. The summed E-state index contributed by atoms with van der Waals surface area (Å²) in [6.07, 6.45) is -8.36. The first-order valence-electron chi connectivity index (χ1n) is 15.6. The molecule has 0 aromatic heterocycles. The summed E-state index contributed by atoms with van der Waals surface area (Å²) in [5.74, 6) is 11.5. The first-order valence-corrected chi connectivity index (χ1v) is 15.6. The van der Waals surface area contributed by atoms with Crippen molar-refractivity contribution in [3.63, 3.8) is 0 Å². The minimum absolute atomic E-state index is 0.279. The molecule has 2 aromatic rings. The summed E-state index contributed by atoms with van der Waals surface area (Å²) in [5, 5.41) is 90.1. The highest BCUT2D eigenvalue weighted by molar-refractivity contribution is 5.73. The smallest absolute Gasteiger partial charge is 0.147 e. The van der Waals surface area contributed by atoms with Crippen LogP contribution in [0.3, 0.4) is 0 Å². The molecule has 0 spiro atoms. The molecule has 2 aromatic carbocycles. The van der Waals surface area contributed by atoms with Crippen LogP contribution in [0.2, 0.25) is 0 Å².